The zero-order valence-electron chi connectivity index (χ0n) is 8.31. The Morgan fingerprint density at radius 1 is 1.36 bits per heavy atom. The minimum atomic E-state index is 0.835. The zero-order valence-corrected chi connectivity index (χ0v) is 9.13. The molecule has 0 saturated carbocycles. The van der Waals surface area contributed by atoms with E-state index in [0.29, 0.717) is 0 Å². The molecule has 3 nitrogen and oxygen atoms in total. The molecule has 0 radical (unpaired) electrons. The number of rotatable bonds is 2. The monoisotopic (exact) mass is 209 g/mol. The Balaban J connectivity index is 1.94. The van der Waals surface area contributed by atoms with Crippen LogP contribution in [0.5, 0.6) is 0 Å². The largest absolute Gasteiger partial charge is 0.399 e. The number of nitrogen functional groups attached to an aromatic ring is 1. The van der Waals surface area contributed by atoms with Gasteiger partial charge in [-0.15, -0.1) is 0 Å². The quantitative estimate of drug-likeness (QED) is 0.592. The molecule has 1 saturated heterocycles. The van der Waals surface area contributed by atoms with Gasteiger partial charge in [-0.25, -0.2) is 4.31 Å². The summed E-state index contributed by atoms with van der Waals surface area (Å²) in [5.74, 6) is 1.08. The van der Waals surface area contributed by atoms with Crippen LogP contribution >= 0.6 is 11.9 Å². The molecule has 0 aliphatic carbocycles. The maximum Gasteiger partial charge on any atom is 0.0614 e. The van der Waals surface area contributed by atoms with Crippen molar-refractivity contribution in [3.63, 3.8) is 0 Å². The Labute approximate surface area is 89.0 Å². The first kappa shape index (κ1) is 9.83. The number of nitrogens with two attached hydrogens (primary N) is 1. The Morgan fingerprint density at radius 3 is 2.64 bits per heavy atom. The number of anilines is 1. The predicted octanol–water partition coefficient (Wildman–Crippen LogP) is 1.58. The van der Waals surface area contributed by atoms with Crippen molar-refractivity contribution in [2.24, 2.45) is 0 Å². The maximum atomic E-state index is 5.63. The third-order valence-electron chi connectivity index (χ3n) is 2.25. The molecule has 1 fully saturated rings. The fraction of sp³-hybridized carbons (Fsp3) is 0.400. The van der Waals surface area contributed by atoms with Crippen molar-refractivity contribution in [3.8, 4) is 0 Å². The molecule has 1 aromatic rings. The van der Waals surface area contributed by atoms with Gasteiger partial charge in [-0.3, -0.25) is 4.90 Å². The average Bonchev–Trinajstić information content (AvgIpc) is 2.56. The summed E-state index contributed by atoms with van der Waals surface area (Å²) in [6.07, 6.45) is 0. The SMILES string of the molecule is CN1CN(Cc2ccc(N)cc2)CS1. The van der Waals surface area contributed by atoms with Crippen LogP contribution < -0.4 is 5.73 Å². The van der Waals surface area contributed by atoms with Crippen LogP contribution in [0.2, 0.25) is 0 Å². The summed E-state index contributed by atoms with van der Waals surface area (Å²) >= 11 is 1.86. The van der Waals surface area contributed by atoms with Crippen molar-refractivity contribution in [1.82, 2.24) is 9.21 Å². The second kappa shape index (κ2) is 4.21. The van der Waals surface area contributed by atoms with Gasteiger partial charge in [-0.05, 0) is 24.7 Å². The van der Waals surface area contributed by atoms with Crippen molar-refractivity contribution >= 4 is 17.6 Å². The summed E-state index contributed by atoms with van der Waals surface area (Å²) in [5, 5.41) is 0. The van der Waals surface area contributed by atoms with Crippen LogP contribution in [-0.2, 0) is 6.54 Å². The second-order valence-electron chi connectivity index (χ2n) is 3.60. The van der Waals surface area contributed by atoms with Gasteiger partial charge in [0.15, 0.2) is 0 Å². The van der Waals surface area contributed by atoms with E-state index in [2.05, 4.69) is 28.4 Å². The Hall–Kier alpha value is -0.710. The summed E-state index contributed by atoms with van der Waals surface area (Å²) in [6, 6.07) is 8.11. The summed E-state index contributed by atoms with van der Waals surface area (Å²) < 4.78 is 2.25. The molecule has 1 heterocycles. The van der Waals surface area contributed by atoms with Crippen molar-refractivity contribution in [3.05, 3.63) is 29.8 Å². The van der Waals surface area contributed by atoms with Crippen LogP contribution in [0.4, 0.5) is 5.69 Å². The molecule has 2 rings (SSSR count). The highest BCUT2D eigenvalue weighted by Crippen LogP contribution is 2.20. The lowest BCUT2D eigenvalue weighted by Gasteiger charge is -2.13. The lowest BCUT2D eigenvalue weighted by Crippen LogP contribution is -2.22. The molecule has 1 aromatic carbocycles. The van der Waals surface area contributed by atoms with Crippen LogP contribution in [0.3, 0.4) is 0 Å². The van der Waals surface area contributed by atoms with E-state index in [4.69, 9.17) is 5.73 Å². The fourth-order valence-electron chi connectivity index (χ4n) is 1.52. The molecule has 0 bridgehead atoms. The molecule has 0 atom stereocenters. The standard InChI is InChI=1S/C10H15N3S/c1-12-7-13(8-14-12)6-9-2-4-10(11)5-3-9/h2-5H,6-8,11H2,1H3. The van der Waals surface area contributed by atoms with Gasteiger partial charge >= 0.3 is 0 Å². The minimum Gasteiger partial charge on any atom is -0.399 e. The van der Waals surface area contributed by atoms with Crippen molar-refractivity contribution < 1.29 is 0 Å². The molecule has 76 valence electrons. The van der Waals surface area contributed by atoms with Gasteiger partial charge in [0, 0.05) is 12.2 Å². The maximum absolute atomic E-state index is 5.63. The molecular formula is C10H15N3S. The van der Waals surface area contributed by atoms with Crippen molar-refractivity contribution in [2.45, 2.75) is 6.54 Å². The van der Waals surface area contributed by atoms with Gasteiger partial charge in [0.2, 0.25) is 0 Å². The van der Waals surface area contributed by atoms with E-state index < -0.39 is 0 Å². The first-order valence-corrected chi connectivity index (χ1v) is 5.59. The molecule has 4 heteroatoms. The minimum absolute atomic E-state index is 0.835. The van der Waals surface area contributed by atoms with E-state index in [1.807, 2.05) is 24.1 Å². The van der Waals surface area contributed by atoms with E-state index >= 15 is 0 Å². The molecule has 1 aliphatic rings. The van der Waals surface area contributed by atoms with Crippen molar-refractivity contribution in [2.75, 3.05) is 25.3 Å². The highest BCUT2D eigenvalue weighted by molar-refractivity contribution is 7.97. The van der Waals surface area contributed by atoms with E-state index in [1.165, 1.54) is 5.56 Å². The van der Waals surface area contributed by atoms with E-state index in [-0.39, 0.29) is 0 Å². The number of nitrogens with zero attached hydrogens (tertiary/aromatic N) is 2. The van der Waals surface area contributed by atoms with Crippen LogP contribution in [-0.4, -0.2) is 28.8 Å². The Bertz CT molecular complexity index is 299. The van der Waals surface area contributed by atoms with Gasteiger partial charge in [-0.1, -0.05) is 24.1 Å². The number of hydrogen-bond donors (Lipinski definition) is 1. The van der Waals surface area contributed by atoms with Crippen molar-refractivity contribution in [1.29, 1.82) is 0 Å². The molecule has 14 heavy (non-hydrogen) atoms. The molecule has 2 N–H and O–H groups in total. The molecule has 1 aliphatic heterocycles. The second-order valence-corrected chi connectivity index (χ2v) is 4.74. The van der Waals surface area contributed by atoms with Crippen LogP contribution in [0, 0.1) is 0 Å². The predicted molar refractivity (Wildman–Crippen MR) is 61.5 cm³/mol. The molecule has 0 aromatic heterocycles. The lowest BCUT2D eigenvalue weighted by molar-refractivity contribution is 0.275. The smallest absolute Gasteiger partial charge is 0.0614 e. The van der Waals surface area contributed by atoms with Crippen LogP contribution in [0.15, 0.2) is 24.3 Å². The lowest BCUT2D eigenvalue weighted by atomic mass is 10.2. The average molecular weight is 209 g/mol. The summed E-state index contributed by atoms with van der Waals surface area (Å²) in [7, 11) is 2.12. The molecule has 0 unspecified atom stereocenters. The van der Waals surface area contributed by atoms with Crippen LogP contribution in [0.25, 0.3) is 0 Å². The van der Waals surface area contributed by atoms with Gasteiger partial charge in [0.05, 0.1) is 12.5 Å². The number of benzene rings is 1. The highest BCUT2D eigenvalue weighted by Gasteiger charge is 2.16. The Morgan fingerprint density at radius 2 is 2.07 bits per heavy atom. The summed E-state index contributed by atoms with van der Waals surface area (Å²) in [5.41, 5.74) is 7.79. The molecular weight excluding hydrogens is 194 g/mol. The number of hydrogen-bond acceptors (Lipinski definition) is 4. The van der Waals surface area contributed by atoms with E-state index in [0.717, 1.165) is 24.8 Å². The third kappa shape index (κ3) is 2.41. The zero-order chi connectivity index (χ0) is 9.97. The normalized spacial score (nSPS) is 18.9. The third-order valence-corrected chi connectivity index (χ3v) is 3.28. The Kier molecular flexibility index (Phi) is 2.96. The van der Waals surface area contributed by atoms with Crippen LogP contribution in [0.1, 0.15) is 5.56 Å². The first-order chi connectivity index (χ1) is 6.74. The van der Waals surface area contributed by atoms with Gasteiger partial charge in [-0.2, -0.15) is 0 Å². The van der Waals surface area contributed by atoms with Gasteiger partial charge in [0.25, 0.3) is 0 Å². The fourth-order valence-corrected chi connectivity index (χ4v) is 2.30. The topological polar surface area (TPSA) is 32.5 Å². The summed E-state index contributed by atoms with van der Waals surface area (Å²) in [4.78, 5) is 2.40. The van der Waals surface area contributed by atoms with Gasteiger partial charge < -0.3 is 5.73 Å². The molecule has 0 spiro atoms. The van der Waals surface area contributed by atoms with Gasteiger partial charge in [0.1, 0.15) is 0 Å². The first-order valence-electron chi connectivity index (χ1n) is 4.65. The van der Waals surface area contributed by atoms with E-state index in [9.17, 15) is 0 Å². The summed E-state index contributed by atoms with van der Waals surface area (Å²) in [6.45, 7) is 2.05. The highest BCUT2D eigenvalue weighted by atomic mass is 32.2. The molecule has 0 amide bonds. The van der Waals surface area contributed by atoms with E-state index in [1.54, 1.807) is 0 Å².